The maximum absolute atomic E-state index is 11.0. The van der Waals surface area contributed by atoms with Crippen molar-refractivity contribution in [1.29, 1.82) is 0 Å². The highest BCUT2D eigenvalue weighted by atomic mass is 16.4. The molecule has 21 heavy (non-hydrogen) atoms. The smallest absolute Gasteiger partial charge is 0.317 e. The van der Waals surface area contributed by atoms with Crippen LogP contribution in [0.2, 0.25) is 0 Å². The van der Waals surface area contributed by atoms with E-state index in [-0.39, 0.29) is 12.6 Å². The number of carbonyl (C=O) groups is 1. The fourth-order valence-electron chi connectivity index (χ4n) is 3.03. The van der Waals surface area contributed by atoms with Gasteiger partial charge >= 0.3 is 5.97 Å². The van der Waals surface area contributed by atoms with Crippen LogP contribution < -0.4 is 0 Å². The number of nitrogens with zero attached hydrogens (tertiary/aromatic N) is 2. The fourth-order valence-corrected chi connectivity index (χ4v) is 3.03. The van der Waals surface area contributed by atoms with Crippen LogP contribution in [0.25, 0.3) is 0 Å². The molecule has 1 saturated heterocycles. The zero-order chi connectivity index (χ0) is 15.2. The number of likely N-dealkylation sites (tertiary alicyclic amines) is 1. The van der Waals surface area contributed by atoms with Gasteiger partial charge in [-0.05, 0) is 38.8 Å². The second kappa shape index (κ2) is 7.57. The first kappa shape index (κ1) is 16.0. The van der Waals surface area contributed by atoms with Crippen molar-refractivity contribution in [2.24, 2.45) is 0 Å². The van der Waals surface area contributed by atoms with E-state index in [4.69, 9.17) is 5.11 Å². The van der Waals surface area contributed by atoms with Crippen molar-refractivity contribution in [3.05, 3.63) is 35.9 Å². The molecule has 0 aromatic heterocycles. The monoisotopic (exact) mass is 290 g/mol. The SMILES string of the molecule is CC(C)N(CC(=O)O)C[C@H]1CCCN1Cc1ccccc1. The Hall–Kier alpha value is -1.39. The molecule has 0 unspecified atom stereocenters. The lowest BCUT2D eigenvalue weighted by atomic mass is 10.1. The summed E-state index contributed by atoms with van der Waals surface area (Å²) in [6.45, 7) is 7.19. The average Bonchev–Trinajstić information content (AvgIpc) is 2.86. The molecule has 1 aliphatic rings. The molecule has 0 spiro atoms. The van der Waals surface area contributed by atoms with Gasteiger partial charge in [0.2, 0.25) is 0 Å². The molecule has 0 saturated carbocycles. The minimum atomic E-state index is -0.740. The molecular weight excluding hydrogens is 264 g/mol. The maximum Gasteiger partial charge on any atom is 0.317 e. The van der Waals surface area contributed by atoms with E-state index in [1.165, 1.54) is 12.0 Å². The molecule has 4 nitrogen and oxygen atoms in total. The molecule has 1 fully saturated rings. The van der Waals surface area contributed by atoms with Crippen LogP contribution in [0.1, 0.15) is 32.3 Å². The van der Waals surface area contributed by atoms with Gasteiger partial charge in [0.25, 0.3) is 0 Å². The lowest BCUT2D eigenvalue weighted by Crippen LogP contribution is -2.45. The topological polar surface area (TPSA) is 43.8 Å². The molecule has 116 valence electrons. The van der Waals surface area contributed by atoms with Gasteiger partial charge in [0, 0.05) is 25.2 Å². The van der Waals surface area contributed by atoms with Crippen molar-refractivity contribution < 1.29 is 9.90 Å². The van der Waals surface area contributed by atoms with Crippen molar-refractivity contribution in [3.8, 4) is 0 Å². The van der Waals surface area contributed by atoms with E-state index in [0.29, 0.717) is 6.04 Å². The maximum atomic E-state index is 11.0. The predicted octanol–water partition coefficient (Wildman–Crippen LogP) is 2.45. The Kier molecular flexibility index (Phi) is 5.76. The molecule has 0 aliphatic carbocycles. The predicted molar refractivity (Wildman–Crippen MR) is 84.2 cm³/mol. The molecular formula is C17H26N2O2. The molecule has 0 bridgehead atoms. The molecule has 1 aliphatic heterocycles. The Labute approximate surface area is 127 Å². The molecule has 0 amide bonds. The Morgan fingerprint density at radius 2 is 2.10 bits per heavy atom. The second-order valence-electron chi connectivity index (χ2n) is 6.17. The summed E-state index contributed by atoms with van der Waals surface area (Å²) in [5.74, 6) is -0.740. The minimum absolute atomic E-state index is 0.132. The van der Waals surface area contributed by atoms with Crippen molar-refractivity contribution in [3.63, 3.8) is 0 Å². The standard InChI is InChI=1S/C17H26N2O2/c1-14(2)19(13-17(20)21)12-16-9-6-10-18(16)11-15-7-4-3-5-8-15/h3-5,7-8,14,16H,6,9-13H2,1-2H3,(H,20,21)/t16-/m1/s1. The highest BCUT2D eigenvalue weighted by Crippen LogP contribution is 2.21. The molecule has 1 aromatic rings. The number of benzene rings is 1. The van der Waals surface area contributed by atoms with Crippen LogP contribution in [0.4, 0.5) is 0 Å². The van der Waals surface area contributed by atoms with Gasteiger partial charge < -0.3 is 5.11 Å². The van der Waals surface area contributed by atoms with E-state index in [0.717, 1.165) is 26.1 Å². The summed E-state index contributed by atoms with van der Waals surface area (Å²) in [5.41, 5.74) is 1.33. The molecule has 2 rings (SSSR count). The summed E-state index contributed by atoms with van der Waals surface area (Å²) in [6.07, 6.45) is 2.37. The lowest BCUT2D eigenvalue weighted by molar-refractivity contribution is -0.139. The number of rotatable bonds is 7. The van der Waals surface area contributed by atoms with Crippen molar-refractivity contribution >= 4 is 5.97 Å². The van der Waals surface area contributed by atoms with Gasteiger partial charge in [-0.1, -0.05) is 30.3 Å². The molecule has 1 heterocycles. The molecule has 1 aromatic carbocycles. The first-order chi connectivity index (χ1) is 10.1. The van der Waals surface area contributed by atoms with Crippen LogP contribution >= 0.6 is 0 Å². The molecule has 0 radical (unpaired) electrons. The van der Waals surface area contributed by atoms with Crippen LogP contribution in [0.3, 0.4) is 0 Å². The fraction of sp³-hybridized carbons (Fsp3) is 0.588. The van der Waals surface area contributed by atoms with E-state index in [1.54, 1.807) is 0 Å². The Morgan fingerprint density at radius 1 is 1.38 bits per heavy atom. The number of aliphatic carboxylic acids is 1. The van der Waals surface area contributed by atoms with E-state index < -0.39 is 5.97 Å². The van der Waals surface area contributed by atoms with Gasteiger partial charge in [0.15, 0.2) is 0 Å². The van der Waals surface area contributed by atoms with Crippen LogP contribution in [-0.2, 0) is 11.3 Å². The van der Waals surface area contributed by atoms with Crippen LogP contribution in [0.15, 0.2) is 30.3 Å². The van der Waals surface area contributed by atoms with Crippen molar-refractivity contribution in [2.45, 2.75) is 45.3 Å². The van der Waals surface area contributed by atoms with Crippen LogP contribution in [-0.4, -0.2) is 52.6 Å². The van der Waals surface area contributed by atoms with Crippen molar-refractivity contribution in [1.82, 2.24) is 9.80 Å². The summed E-state index contributed by atoms with van der Waals surface area (Å²) >= 11 is 0. The van der Waals surface area contributed by atoms with Gasteiger partial charge in [0.1, 0.15) is 0 Å². The number of hydrogen-bond donors (Lipinski definition) is 1. The summed E-state index contributed by atoms with van der Waals surface area (Å²) in [6, 6.07) is 11.2. The Morgan fingerprint density at radius 3 is 2.71 bits per heavy atom. The first-order valence-corrected chi connectivity index (χ1v) is 7.80. The second-order valence-corrected chi connectivity index (χ2v) is 6.17. The van der Waals surface area contributed by atoms with Crippen LogP contribution in [0, 0.1) is 0 Å². The van der Waals surface area contributed by atoms with Gasteiger partial charge in [-0.15, -0.1) is 0 Å². The van der Waals surface area contributed by atoms with Crippen molar-refractivity contribution in [2.75, 3.05) is 19.6 Å². The Bertz CT molecular complexity index is 447. The van der Waals surface area contributed by atoms with E-state index in [2.05, 4.69) is 47.9 Å². The van der Waals surface area contributed by atoms with Gasteiger partial charge in [-0.2, -0.15) is 0 Å². The quantitative estimate of drug-likeness (QED) is 0.837. The van der Waals surface area contributed by atoms with E-state index in [9.17, 15) is 4.79 Å². The lowest BCUT2D eigenvalue weighted by Gasteiger charge is -2.32. The van der Waals surface area contributed by atoms with Gasteiger partial charge in [-0.25, -0.2) is 0 Å². The highest BCUT2D eigenvalue weighted by Gasteiger charge is 2.27. The third-order valence-electron chi connectivity index (χ3n) is 4.24. The first-order valence-electron chi connectivity index (χ1n) is 7.80. The van der Waals surface area contributed by atoms with E-state index in [1.807, 2.05) is 6.07 Å². The normalized spacial score (nSPS) is 19.5. The number of hydrogen-bond acceptors (Lipinski definition) is 3. The summed E-state index contributed by atoms with van der Waals surface area (Å²) in [4.78, 5) is 15.6. The average molecular weight is 290 g/mol. The third kappa shape index (κ3) is 4.83. The largest absolute Gasteiger partial charge is 0.480 e. The highest BCUT2D eigenvalue weighted by molar-refractivity contribution is 5.69. The summed E-state index contributed by atoms with van der Waals surface area (Å²) < 4.78 is 0. The third-order valence-corrected chi connectivity index (χ3v) is 4.24. The molecule has 1 atom stereocenters. The van der Waals surface area contributed by atoms with Gasteiger partial charge in [-0.3, -0.25) is 14.6 Å². The van der Waals surface area contributed by atoms with E-state index >= 15 is 0 Å². The zero-order valence-electron chi connectivity index (χ0n) is 13.0. The summed E-state index contributed by atoms with van der Waals surface area (Å²) in [7, 11) is 0. The number of carboxylic acid groups (broad SMARTS) is 1. The summed E-state index contributed by atoms with van der Waals surface area (Å²) in [5, 5.41) is 9.05. The van der Waals surface area contributed by atoms with Gasteiger partial charge in [0.05, 0.1) is 6.54 Å². The molecule has 4 heteroatoms. The Balaban J connectivity index is 1.96. The number of carboxylic acids is 1. The zero-order valence-corrected chi connectivity index (χ0v) is 13.0. The minimum Gasteiger partial charge on any atom is -0.480 e. The van der Waals surface area contributed by atoms with Crippen LogP contribution in [0.5, 0.6) is 0 Å². The molecule has 1 N–H and O–H groups in total.